The predicted molar refractivity (Wildman–Crippen MR) is 130 cm³/mol. The molecule has 2 heterocycles. The number of aromatic nitrogens is 2. The molecule has 8 heteroatoms. The van der Waals surface area contributed by atoms with Gasteiger partial charge in [0.05, 0.1) is 0 Å². The van der Waals surface area contributed by atoms with E-state index in [2.05, 4.69) is 20.6 Å². The van der Waals surface area contributed by atoms with Gasteiger partial charge in [0.2, 0.25) is 5.91 Å². The van der Waals surface area contributed by atoms with Gasteiger partial charge >= 0.3 is 0 Å². The summed E-state index contributed by atoms with van der Waals surface area (Å²) in [4.78, 5) is 33.5. The molecule has 2 aromatic heterocycles. The lowest BCUT2D eigenvalue weighted by Gasteiger charge is -2.09. The number of rotatable bonds is 8. The van der Waals surface area contributed by atoms with Gasteiger partial charge < -0.3 is 15.1 Å². The maximum absolute atomic E-state index is 13.1. The third-order valence-electron chi connectivity index (χ3n) is 4.81. The first-order chi connectivity index (χ1) is 16.0. The topological polar surface area (TPSA) is 97.1 Å². The zero-order valence-electron chi connectivity index (χ0n) is 18.4. The first kappa shape index (κ1) is 22.5. The number of nitrogens with zero attached hydrogens (tertiary/aromatic N) is 2. The largest absolute Gasteiger partial charge is 0.451 e. The molecule has 168 valence electrons. The lowest BCUT2D eigenvalue weighted by Crippen LogP contribution is -2.14. The van der Waals surface area contributed by atoms with Gasteiger partial charge in [-0.15, -0.1) is 0 Å². The zero-order valence-corrected chi connectivity index (χ0v) is 19.2. The van der Waals surface area contributed by atoms with E-state index >= 15 is 0 Å². The Balaban J connectivity index is 1.50. The van der Waals surface area contributed by atoms with E-state index in [1.54, 1.807) is 42.7 Å². The average Bonchev–Trinajstić information content (AvgIpc) is 3.18. The summed E-state index contributed by atoms with van der Waals surface area (Å²) in [7, 11) is 0. The van der Waals surface area contributed by atoms with Crippen LogP contribution in [0.4, 0.5) is 11.4 Å². The van der Waals surface area contributed by atoms with Crippen molar-refractivity contribution in [1.29, 1.82) is 0 Å². The van der Waals surface area contributed by atoms with Crippen molar-refractivity contribution in [2.45, 2.75) is 31.2 Å². The van der Waals surface area contributed by atoms with Crippen LogP contribution in [0.25, 0.3) is 11.0 Å². The molecule has 0 saturated heterocycles. The average molecular weight is 461 g/mol. The Labute approximate surface area is 196 Å². The van der Waals surface area contributed by atoms with Crippen molar-refractivity contribution < 1.29 is 14.0 Å². The molecule has 0 spiro atoms. The van der Waals surface area contributed by atoms with Crippen LogP contribution >= 0.6 is 11.8 Å². The fourth-order valence-corrected chi connectivity index (χ4v) is 4.16. The highest BCUT2D eigenvalue weighted by Crippen LogP contribution is 2.31. The number of para-hydroxylation sites is 1. The van der Waals surface area contributed by atoms with Gasteiger partial charge in [0.15, 0.2) is 10.9 Å². The molecule has 0 unspecified atom stereocenters. The third-order valence-corrected chi connectivity index (χ3v) is 5.71. The summed E-state index contributed by atoms with van der Waals surface area (Å²) in [5, 5.41) is 7.26. The minimum atomic E-state index is -0.340. The summed E-state index contributed by atoms with van der Waals surface area (Å²) in [6, 6.07) is 16.3. The van der Waals surface area contributed by atoms with Crippen molar-refractivity contribution in [3.8, 4) is 0 Å². The lowest BCUT2D eigenvalue weighted by atomic mass is 10.1. The minimum absolute atomic E-state index is 0.0337. The Morgan fingerprint density at radius 1 is 0.939 bits per heavy atom. The lowest BCUT2D eigenvalue weighted by molar-refractivity contribution is -0.116. The minimum Gasteiger partial charge on any atom is -0.451 e. The van der Waals surface area contributed by atoms with Crippen LogP contribution in [-0.2, 0) is 10.5 Å². The molecule has 2 N–H and O–H groups in total. The SMILES string of the molecule is CC(C)CC(=O)Nc1ccc(NC(=O)c2oc3ccccc3c2CSc2ncccn2)cc1. The normalized spacial score (nSPS) is 11.0. The van der Waals surface area contributed by atoms with E-state index < -0.39 is 0 Å². The van der Waals surface area contributed by atoms with E-state index in [-0.39, 0.29) is 23.5 Å². The molecule has 0 bridgehead atoms. The Kier molecular flexibility index (Phi) is 7.04. The molecular weight excluding hydrogens is 436 g/mol. The fourth-order valence-electron chi connectivity index (χ4n) is 3.33. The Morgan fingerprint density at radius 3 is 2.30 bits per heavy atom. The number of fused-ring (bicyclic) bond motifs is 1. The molecular formula is C25H24N4O3S. The summed E-state index contributed by atoms with van der Waals surface area (Å²) in [5.41, 5.74) is 2.73. The maximum Gasteiger partial charge on any atom is 0.291 e. The van der Waals surface area contributed by atoms with Gasteiger partial charge in [0, 0.05) is 46.9 Å². The number of anilines is 2. The number of carbonyl (C=O) groups is 2. The van der Waals surface area contributed by atoms with Crippen LogP contribution in [0.1, 0.15) is 36.4 Å². The highest BCUT2D eigenvalue weighted by molar-refractivity contribution is 7.98. The van der Waals surface area contributed by atoms with E-state index in [0.717, 1.165) is 10.9 Å². The Morgan fingerprint density at radius 2 is 1.61 bits per heavy atom. The molecule has 0 aliphatic rings. The number of hydrogen-bond acceptors (Lipinski definition) is 6. The molecule has 4 aromatic rings. The van der Waals surface area contributed by atoms with Crippen molar-refractivity contribution in [3.63, 3.8) is 0 Å². The summed E-state index contributed by atoms with van der Waals surface area (Å²) in [6.07, 6.45) is 3.83. The van der Waals surface area contributed by atoms with Gasteiger partial charge in [-0.05, 0) is 42.3 Å². The van der Waals surface area contributed by atoms with Gasteiger partial charge in [-0.3, -0.25) is 9.59 Å². The highest BCUT2D eigenvalue weighted by Gasteiger charge is 2.21. The van der Waals surface area contributed by atoms with E-state index in [1.165, 1.54) is 11.8 Å². The molecule has 7 nitrogen and oxygen atoms in total. The monoisotopic (exact) mass is 460 g/mol. The number of furan rings is 1. The van der Waals surface area contributed by atoms with E-state index in [4.69, 9.17) is 4.42 Å². The zero-order chi connectivity index (χ0) is 23.2. The van der Waals surface area contributed by atoms with Crippen LogP contribution in [0, 0.1) is 5.92 Å². The van der Waals surface area contributed by atoms with Gasteiger partial charge in [-0.25, -0.2) is 9.97 Å². The molecule has 33 heavy (non-hydrogen) atoms. The Hall–Kier alpha value is -3.65. The van der Waals surface area contributed by atoms with Crippen LogP contribution in [0.15, 0.2) is 76.6 Å². The quantitative estimate of drug-likeness (QED) is 0.257. The molecule has 2 aromatic carbocycles. The van der Waals surface area contributed by atoms with Crippen molar-refractivity contribution in [2.24, 2.45) is 5.92 Å². The fraction of sp³-hybridized carbons (Fsp3) is 0.200. The van der Waals surface area contributed by atoms with E-state index in [1.807, 2.05) is 38.1 Å². The predicted octanol–water partition coefficient (Wildman–Crippen LogP) is 5.75. The smallest absolute Gasteiger partial charge is 0.291 e. The summed E-state index contributed by atoms with van der Waals surface area (Å²) >= 11 is 1.44. The number of carbonyl (C=O) groups excluding carboxylic acids is 2. The first-order valence-electron chi connectivity index (χ1n) is 10.6. The van der Waals surface area contributed by atoms with Gasteiger partial charge in [-0.1, -0.05) is 43.8 Å². The molecule has 0 aliphatic heterocycles. The second-order valence-corrected chi connectivity index (χ2v) is 8.85. The van der Waals surface area contributed by atoms with E-state index in [9.17, 15) is 9.59 Å². The van der Waals surface area contributed by atoms with Crippen molar-refractivity contribution in [2.75, 3.05) is 10.6 Å². The van der Waals surface area contributed by atoms with Crippen LogP contribution in [0.5, 0.6) is 0 Å². The molecule has 0 aliphatic carbocycles. The van der Waals surface area contributed by atoms with Crippen LogP contribution in [-0.4, -0.2) is 21.8 Å². The summed E-state index contributed by atoms with van der Waals surface area (Å²) in [5.74, 6) is 0.660. The van der Waals surface area contributed by atoms with Gasteiger partial charge in [0.1, 0.15) is 5.58 Å². The number of amides is 2. The molecule has 0 fully saturated rings. The van der Waals surface area contributed by atoms with Crippen molar-refractivity contribution in [3.05, 3.63) is 78.3 Å². The third kappa shape index (κ3) is 5.78. The summed E-state index contributed by atoms with van der Waals surface area (Å²) < 4.78 is 5.91. The standard InChI is InChI=1S/C25H24N4O3S/c1-16(2)14-22(30)28-17-8-10-18(11-9-17)29-24(31)23-20(15-33-25-26-12-5-13-27-25)19-6-3-4-7-21(19)32-23/h3-13,16H,14-15H2,1-2H3,(H,28,30)(H,29,31). The number of thioether (sulfide) groups is 1. The molecule has 4 rings (SSSR count). The van der Waals surface area contributed by atoms with E-state index in [0.29, 0.717) is 34.3 Å². The first-order valence-corrected chi connectivity index (χ1v) is 11.6. The van der Waals surface area contributed by atoms with Crippen LogP contribution in [0.3, 0.4) is 0 Å². The number of benzene rings is 2. The Bertz CT molecular complexity index is 1250. The number of nitrogens with one attached hydrogen (secondary N) is 2. The number of hydrogen-bond donors (Lipinski definition) is 2. The molecule has 0 saturated carbocycles. The maximum atomic E-state index is 13.1. The molecule has 2 amide bonds. The second-order valence-electron chi connectivity index (χ2n) is 7.90. The second kappa shape index (κ2) is 10.3. The van der Waals surface area contributed by atoms with Crippen LogP contribution < -0.4 is 10.6 Å². The van der Waals surface area contributed by atoms with Crippen molar-refractivity contribution >= 4 is 45.9 Å². The van der Waals surface area contributed by atoms with Gasteiger partial charge in [0.25, 0.3) is 5.91 Å². The highest BCUT2D eigenvalue weighted by atomic mass is 32.2. The summed E-state index contributed by atoms with van der Waals surface area (Å²) in [6.45, 7) is 3.99. The molecule has 0 atom stereocenters. The van der Waals surface area contributed by atoms with Gasteiger partial charge in [-0.2, -0.15) is 0 Å². The van der Waals surface area contributed by atoms with Crippen LogP contribution in [0.2, 0.25) is 0 Å². The molecule has 0 radical (unpaired) electrons. The van der Waals surface area contributed by atoms with Crippen molar-refractivity contribution in [1.82, 2.24) is 9.97 Å².